The van der Waals surface area contributed by atoms with Gasteiger partial charge in [0.2, 0.25) is 0 Å². The zero-order valence-electron chi connectivity index (χ0n) is 14.0. The van der Waals surface area contributed by atoms with Crippen LogP contribution in [0.5, 0.6) is 0 Å². The van der Waals surface area contributed by atoms with Gasteiger partial charge in [0.15, 0.2) is 0 Å². The van der Waals surface area contributed by atoms with Crippen molar-refractivity contribution in [2.75, 3.05) is 46.4 Å². The lowest BCUT2D eigenvalue weighted by atomic mass is 9.79. The van der Waals surface area contributed by atoms with E-state index >= 15 is 0 Å². The third-order valence-corrected chi connectivity index (χ3v) is 4.99. The van der Waals surface area contributed by atoms with Crippen molar-refractivity contribution < 1.29 is 9.53 Å². The highest BCUT2D eigenvalue weighted by Crippen LogP contribution is 2.32. The van der Waals surface area contributed by atoms with Crippen molar-refractivity contribution in [1.82, 2.24) is 9.80 Å². The van der Waals surface area contributed by atoms with Crippen molar-refractivity contribution in [2.45, 2.75) is 39.5 Å². The summed E-state index contributed by atoms with van der Waals surface area (Å²) in [6, 6.07) is 0. The minimum Gasteiger partial charge on any atom is -0.464 e. The Balaban J connectivity index is 1.65. The first kappa shape index (κ1) is 16.8. The molecule has 0 radical (unpaired) electrons. The fraction of sp³-hybridized carbons (Fsp3) is 0.941. The highest BCUT2D eigenvalue weighted by molar-refractivity contribution is 5.71. The number of piperidine rings is 2. The van der Waals surface area contributed by atoms with Crippen LogP contribution in [0.4, 0.5) is 0 Å². The standard InChI is InChI=1S/C17H32N2O2/c1-14(2)13-21-17(20)12-19-10-6-16(7-11-19)15-4-8-18(3)9-5-15/h14-16H,4-13H2,1-3H3. The Hall–Kier alpha value is -0.610. The fourth-order valence-corrected chi connectivity index (χ4v) is 3.57. The maximum absolute atomic E-state index is 11.8. The summed E-state index contributed by atoms with van der Waals surface area (Å²) < 4.78 is 5.28. The predicted octanol–water partition coefficient (Wildman–Crippen LogP) is 2.24. The average molecular weight is 296 g/mol. The Morgan fingerprint density at radius 3 is 2.10 bits per heavy atom. The van der Waals surface area contributed by atoms with E-state index in [1.54, 1.807) is 0 Å². The summed E-state index contributed by atoms with van der Waals surface area (Å²) in [7, 11) is 2.22. The molecule has 21 heavy (non-hydrogen) atoms. The van der Waals surface area contributed by atoms with Crippen molar-refractivity contribution in [1.29, 1.82) is 0 Å². The first-order valence-electron chi connectivity index (χ1n) is 8.61. The van der Waals surface area contributed by atoms with Gasteiger partial charge in [-0.1, -0.05) is 13.8 Å². The van der Waals surface area contributed by atoms with Crippen LogP contribution >= 0.6 is 0 Å². The number of esters is 1. The Morgan fingerprint density at radius 2 is 1.57 bits per heavy atom. The minimum absolute atomic E-state index is 0.0542. The van der Waals surface area contributed by atoms with Gasteiger partial charge in [0.1, 0.15) is 0 Å². The maximum atomic E-state index is 11.8. The van der Waals surface area contributed by atoms with Crippen molar-refractivity contribution in [2.24, 2.45) is 17.8 Å². The van der Waals surface area contributed by atoms with Crippen LogP contribution in [0.25, 0.3) is 0 Å². The molecule has 2 heterocycles. The van der Waals surface area contributed by atoms with Crippen LogP contribution in [-0.4, -0.2) is 62.1 Å². The summed E-state index contributed by atoms with van der Waals surface area (Å²) in [4.78, 5) is 16.5. The molecular weight excluding hydrogens is 264 g/mol. The molecule has 0 saturated carbocycles. The first-order chi connectivity index (χ1) is 10.0. The molecule has 2 saturated heterocycles. The van der Waals surface area contributed by atoms with Crippen LogP contribution < -0.4 is 0 Å². The van der Waals surface area contributed by atoms with Crippen LogP contribution in [0.3, 0.4) is 0 Å². The summed E-state index contributed by atoms with van der Waals surface area (Å²) in [5.74, 6) is 2.16. The van der Waals surface area contributed by atoms with E-state index in [-0.39, 0.29) is 5.97 Å². The molecule has 0 aromatic heterocycles. The zero-order valence-corrected chi connectivity index (χ0v) is 14.0. The van der Waals surface area contributed by atoms with E-state index < -0.39 is 0 Å². The van der Waals surface area contributed by atoms with Gasteiger partial charge in [-0.15, -0.1) is 0 Å². The van der Waals surface area contributed by atoms with Crippen molar-refractivity contribution in [3.63, 3.8) is 0 Å². The molecule has 0 spiro atoms. The Kier molecular flexibility index (Phi) is 6.49. The smallest absolute Gasteiger partial charge is 0.320 e. The second-order valence-electron chi connectivity index (χ2n) is 7.33. The third kappa shape index (κ3) is 5.59. The molecule has 122 valence electrons. The number of hydrogen-bond acceptors (Lipinski definition) is 4. The number of rotatable bonds is 5. The molecule has 0 aromatic rings. The molecule has 2 aliphatic heterocycles. The summed E-state index contributed by atoms with van der Waals surface area (Å²) in [6.07, 6.45) is 5.23. The van der Waals surface area contributed by atoms with E-state index in [0.717, 1.165) is 24.9 Å². The van der Waals surface area contributed by atoms with Crippen LogP contribution in [-0.2, 0) is 9.53 Å². The Bertz CT molecular complexity index is 317. The van der Waals surface area contributed by atoms with Crippen LogP contribution in [0, 0.1) is 17.8 Å². The van der Waals surface area contributed by atoms with E-state index in [1.165, 1.54) is 38.8 Å². The lowest BCUT2D eigenvalue weighted by Crippen LogP contribution is -2.41. The van der Waals surface area contributed by atoms with Crippen LogP contribution in [0.2, 0.25) is 0 Å². The number of hydrogen-bond donors (Lipinski definition) is 0. The van der Waals surface area contributed by atoms with Crippen LogP contribution in [0.1, 0.15) is 39.5 Å². The highest BCUT2D eigenvalue weighted by atomic mass is 16.5. The Labute approximate surface area is 129 Å². The predicted molar refractivity (Wildman–Crippen MR) is 85.2 cm³/mol. The summed E-state index contributed by atoms with van der Waals surface area (Å²) in [5, 5.41) is 0. The molecule has 0 atom stereocenters. The van der Waals surface area contributed by atoms with E-state index in [1.807, 2.05) is 0 Å². The number of carbonyl (C=O) groups excluding carboxylic acids is 1. The molecule has 0 unspecified atom stereocenters. The van der Waals surface area contributed by atoms with Gasteiger partial charge in [-0.25, -0.2) is 0 Å². The Morgan fingerprint density at radius 1 is 1.05 bits per heavy atom. The summed E-state index contributed by atoms with van der Waals surface area (Å²) in [6.45, 7) is 9.80. The third-order valence-electron chi connectivity index (χ3n) is 4.99. The van der Waals surface area contributed by atoms with Gasteiger partial charge in [-0.05, 0) is 76.7 Å². The second kappa shape index (κ2) is 8.14. The monoisotopic (exact) mass is 296 g/mol. The number of likely N-dealkylation sites (tertiary alicyclic amines) is 2. The molecule has 0 N–H and O–H groups in total. The van der Waals surface area contributed by atoms with E-state index in [9.17, 15) is 4.79 Å². The molecule has 2 rings (SSSR count). The molecular formula is C17H32N2O2. The lowest BCUT2D eigenvalue weighted by molar-refractivity contribution is -0.146. The van der Waals surface area contributed by atoms with Gasteiger partial charge in [-0.3, -0.25) is 9.69 Å². The molecule has 0 amide bonds. The molecule has 0 bridgehead atoms. The van der Waals surface area contributed by atoms with E-state index in [2.05, 4.69) is 30.7 Å². The van der Waals surface area contributed by atoms with Gasteiger partial charge in [0.25, 0.3) is 0 Å². The van der Waals surface area contributed by atoms with Gasteiger partial charge < -0.3 is 9.64 Å². The maximum Gasteiger partial charge on any atom is 0.320 e. The minimum atomic E-state index is -0.0542. The molecule has 4 heteroatoms. The van der Waals surface area contributed by atoms with Gasteiger partial charge >= 0.3 is 5.97 Å². The average Bonchev–Trinajstić information content (AvgIpc) is 2.47. The number of carbonyl (C=O) groups is 1. The van der Waals surface area contributed by atoms with Crippen molar-refractivity contribution >= 4 is 5.97 Å². The van der Waals surface area contributed by atoms with E-state index in [4.69, 9.17) is 4.74 Å². The van der Waals surface area contributed by atoms with Gasteiger partial charge in [0, 0.05) is 0 Å². The van der Waals surface area contributed by atoms with Crippen LogP contribution in [0.15, 0.2) is 0 Å². The second-order valence-corrected chi connectivity index (χ2v) is 7.33. The summed E-state index contributed by atoms with van der Waals surface area (Å²) in [5.41, 5.74) is 0. The largest absolute Gasteiger partial charge is 0.464 e. The number of nitrogens with zero attached hydrogens (tertiary/aromatic N) is 2. The zero-order chi connectivity index (χ0) is 15.2. The normalized spacial score (nSPS) is 23.6. The first-order valence-corrected chi connectivity index (χ1v) is 8.61. The quantitative estimate of drug-likeness (QED) is 0.729. The fourth-order valence-electron chi connectivity index (χ4n) is 3.57. The molecule has 0 aliphatic carbocycles. The highest BCUT2D eigenvalue weighted by Gasteiger charge is 2.29. The molecule has 2 fully saturated rings. The van der Waals surface area contributed by atoms with Gasteiger partial charge in [-0.2, -0.15) is 0 Å². The molecule has 2 aliphatic rings. The number of ether oxygens (including phenoxy) is 1. The topological polar surface area (TPSA) is 32.8 Å². The molecule has 0 aromatic carbocycles. The van der Waals surface area contributed by atoms with Gasteiger partial charge in [0.05, 0.1) is 13.2 Å². The lowest BCUT2D eigenvalue weighted by Gasteiger charge is -2.39. The summed E-state index contributed by atoms with van der Waals surface area (Å²) >= 11 is 0. The van der Waals surface area contributed by atoms with E-state index in [0.29, 0.717) is 19.1 Å². The van der Waals surface area contributed by atoms with Crippen molar-refractivity contribution in [3.8, 4) is 0 Å². The molecule has 4 nitrogen and oxygen atoms in total. The SMILES string of the molecule is CC(C)COC(=O)CN1CCC(C2CCN(C)CC2)CC1. The van der Waals surface area contributed by atoms with Crippen molar-refractivity contribution in [3.05, 3.63) is 0 Å².